The Balaban J connectivity index is 1.47. The largest absolute Gasteiger partial charge is 0.494 e. The number of benzene rings is 2. The molecule has 0 radical (unpaired) electrons. The standard InChI is InChI=1S/C26H26N4O4/c1-4-32-17-8-5-15(6-9-17)24-28-25-27-18-12-26(2,3)13-19(31)22(18)23(30(25)29-24)16-7-10-20-21(11-16)34-14-33-20/h5-11,23H,4,12-14H2,1-3H3,(H,27,28,29). The van der Waals surface area contributed by atoms with Crippen molar-refractivity contribution >= 4 is 11.7 Å². The summed E-state index contributed by atoms with van der Waals surface area (Å²) in [5, 5.41) is 8.28. The quantitative estimate of drug-likeness (QED) is 0.605. The summed E-state index contributed by atoms with van der Waals surface area (Å²) in [5.41, 5.74) is 3.33. The summed E-state index contributed by atoms with van der Waals surface area (Å²) < 4.78 is 18.5. The summed E-state index contributed by atoms with van der Waals surface area (Å²) in [6, 6.07) is 13.1. The number of allylic oxidation sites excluding steroid dienone is 2. The molecule has 1 aliphatic carbocycles. The first-order valence-electron chi connectivity index (χ1n) is 11.5. The van der Waals surface area contributed by atoms with Crippen molar-refractivity contribution < 1.29 is 19.0 Å². The van der Waals surface area contributed by atoms with Gasteiger partial charge in [0.05, 0.1) is 6.61 Å². The van der Waals surface area contributed by atoms with Gasteiger partial charge in [0.25, 0.3) is 0 Å². The zero-order valence-corrected chi connectivity index (χ0v) is 19.4. The van der Waals surface area contributed by atoms with Gasteiger partial charge in [0.15, 0.2) is 23.1 Å². The predicted octanol–water partition coefficient (Wildman–Crippen LogP) is 4.73. The zero-order valence-electron chi connectivity index (χ0n) is 19.4. The summed E-state index contributed by atoms with van der Waals surface area (Å²) in [6.07, 6.45) is 1.25. The Morgan fingerprint density at radius 2 is 1.91 bits per heavy atom. The molecule has 34 heavy (non-hydrogen) atoms. The number of carbonyl (C=O) groups excluding carboxylic acids is 1. The second kappa shape index (κ2) is 7.62. The van der Waals surface area contributed by atoms with E-state index in [2.05, 4.69) is 19.2 Å². The Hall–Kier alpha value is -3.81. The van der Waals surface area contributed by atoms with Gasteiger partial charge in [-0.25, -0.2) is 4.68 Å². The molecule has 1 atom stereocenters. The number of hydrogen-bond acceptors (Lipinski definition) is 7. The monoisotopic (exact) mass is 458 g/mol. The third kappa shape index (κ3) is 3.41. The molecule has 2 aliphatic heterocycles. The SMILES string of the molecule is CCOc1ccc(-c2nc3n(n2)C(c2ccc4c(c2)OCO4)C2=C(CC(C)(C)CC2=O)N3)cc1. The Kier molecular flexibility index (Phi) is 4.65. The first-order chi connectivity index (χ1) is 16.4. The van der Waals surface area contributed by atoms with Crippen molar-refractivity contribution in [2.75, 3.05) is 18.7 Å². The van der Waals surface area contributed by atoms with Gasteiger partial charge in [-0.15, -0.1) is 5.10 Å². The van der Waals surface area contributed by atoms with Gasteiger partial charge in [-0.1, -0.05) is 19.9 Å². The molecule has 174 valence electrons. The predicted molar refractivity (Wildman–Crippen MR) is 126 cm³/mol. The van der Waals surface area contributed by atoms with Crippen LogP contribution in [0.3, 0.4) is 0 Å². The van der Waals surface area contributed by atoms with E-state index in [0.717, 1.165) is 34.6 Å². The first-order valence-corrected chi connectivity index (χ1v) is 11.5. The summed E-state index contributed by atoms with van der Waals surface area (Å²) >= 11 is 0. The third-order valence-corrected chi connectivity index (χ3v) is 6.47. The van der Waals surface area contributed by atoms with E-state index >= 15 is 0 Å². The van der Waals surface area contributed by atoms with E-state index in [1.54, 1.807) is 0 Å². The van der Waals surface area contributed by atoms with E-state index in [1.807, 2.05) is 54.1 Å². The molecule has 3 heterocycles. The lowest BCUT2D eigenvalue weighted by Crippen LogP contribution is -2.36. The molecule has 3 aliphatic rings. The van der Waals surface area contributed by atoms with Crippen LogP contribution in [-0.4, -0.2) is 33.9 Å². The maximum Gasteiger partial charge on any atom is 0.231 e. The number of carbonyl (C=O) groups is 1. The number of fused-ring (bicyclic) bond motifs is 2. The lowest BCUT2D eigenvalue weighted by molar-refractivity contribution is -0.118. The highest BCUT2D eigenvalue weighted by Gasteiger charge is 2.42. The van der Waals surface area contributed by atoms with Crippen molar-refractivity contribution in [2.45, 2.75) is 39.7 Å². The van der Waals surface area contributed by atoms with Crippen LogP contribution < -0.4 is 19.5 Å². The van der Waals surface area contributed by atoms with Crippen LogP contribution in [0.4, 0.5) is 5.95 Å². The average molecular weight is 459 g/mol. The van der Waals surface area contributed by atoms with Gasteiger partial charge in [0.2, 0.25) is 12.7 Å². The second-order valence-corrected chi connectivity index (χ2v) is 9.63. The molecule has 0 spiro atoms. The minimum atomic E-state index is -0.395. The lowest BCUT2D eigenvalue weighted by Gasteiger charge is -2.38. The van der Waals surface area contributed by atoms with Gasteiger partial charge in [-0.3, -0.25) is 4.79 Å². The van der Waals surface area contributed by atoms with E-state index in [-0.39, 0.29) is 18.0 Å². The van der Waals surface area contributed by atoms with Gasteiger partial charge in [-0.2, -0.15) is 4.98 Å². The number of anilines is 1. The highest BCUT2D eigenvalue weighted by Crippen LogP contribution is 2.47. The fourth-order valence-electron chi connectivity index (χ4n) is 4.99. The van der Waals surface area contributed by atoms with E-state index in [9.17, 15) is 4.79 Å². The minimum absolute atomic E-state index is 0.123. The number of rotatable bonds is 4. The number of Topliss-reactive ketones (excluding diaryl/α,β-unsaturated/α-hetero) is 1. The molecule has 1 aromatic heterocycles. The van der Waals surface area contributed by atoms with E-state index in [0.29, 0.717) is 36.3 Å². The molecule has 2 aromatic carbocycles. The van der Waals surface area contributed by atoms with Crippen LogP contribution in [0.2, 0.25) is 0 Å². The molecule has 8 heteroatoms. The number of nitrogens with one attached hydrogen (secondary N) is 1. The summed E-state index contributed by atoms with van der Waals surface area (Å²) in [6.45, 7) is 7.01. The van der Waals surface area contributed by atoms with Crippen molar-refractivity contribution in [3.8, 4) is 28.6 Å². The topological polar surface area (TPSA) is 87.5 Å². The summed E-state index contributed by atoms with van der Waals surface area (Å²) in [4.78, 5) is 18.2. The molecule has 3 aromatic rings. The highest BCUT2D eigenvalue weighted by atomic mass is 16.7. The normalized spacial score (nSPS) is 20.0. The first kappa shape index (κ1) is 20.8. The van der Waals surface area contributed by atoms with Crippen LogP contribution in [0.15, 0.2) is 53.7 Å². The molecule has 0 bridgehead atoms. The van der Waals surface area contributed by atoms with E-state index in [1.165, 1.54) is 0 Å². The smallest absolute Gasteiger partial charge is 0.231 e. The van der Waals surface area contributed by atoms with Crippen molar-refractivity contribution in [3.63, 3.8) is 0 Å². The molecule has 0 saturated heterocycles. The molecule has 6 rings (SSSR count). The van der Waals surface area contributed by atoms with Gasteiger partial charge in [0.1, 0.15) is 11.8 Å². The minimum Gasteiger partial charge on any atom is -0.494 e. The summed E-state index contributed by atoms with van der Waals surface area (Å²) in [5.74, 6) is 3.52. The lowest BCUT2D eigenvalue weighted by atomic mass is 9.73. The Morgan fingerprint density at radius 1 is 1.12 bits per heavy atom. The van der Waals surface area contributed by atoms with E-state index < -0.39 is 6.04 Å². The van der Waals surface area contributed by atoms with E-state index in [4.69, 9.17) is 24.3 Å². The molecule has 1 N–H and O–H groups in total. The van der Waals surface area contributed by atoms with Crippen molar-refractivity contribution in [2.24, 2.45) is 5.41 Å². The molecular formula is C26H26N4O4. The van der Waals surface area contributed by atoms with Gasteiger partial charge in [0, 0.05) is 23.3 Å². The van der Waals surface area contributed by atoms with Crippen LogP contribution in [0.1, 0.15) is 45.2 Å². The molecule has 1 unspecified atom stereocenters. The Morgan fingerprint density at radius 3 is 2.71 bits per heavy atom. The third-order valence-electron chi connectivity index (χ3n) is 6.47. The number of hydrogen-bond donors (Lipinski definition) is 1. The fourth-order valence-corrected chi connectivity index (χ4v) is 4.99. The van der Waals surface area contributed by atoms with Gasteiger partial charge in [-0.05, 0) is 60.7 Å². The van der Waals surface area contributed by atoms with Gasteiger partial charge >= 0.3 is 0 Å². The number of ketones is 1. The Labute approximate surface area is 197 Å². The Bertz CT molecular complexity index is 1320. The van der Waals surface area contributed by atoms with Crippen LogP contribution in [0.25, 0.3) is 11.4 Å². The fraction of sp³-hybridized carbons (Fsp3) is 0.346. The number of ether oxygens (including phenoxy) is 3. The van der Waals surface area contributed by atoms with Crippen LogP contribution in [0, 0.1) is 5.41 Å². The average Bonchev–Trinajstić information content (AvgIpc) is 3.44. The highest BCUT2D eigenvalue weighted by molar-refractivity contribution is 6.00. The molecule has 0 saturated carbocycles. The summed E-state index contributed by atoms with van der Waals surface area (Å²) in [7, 11) is 0. The van der Waals surface area contributed by atoms with Crippen LogP contribution in [-0.2, 0) is 4.79 Å². The molecule has 0 amide bonds. The molecular weight excluding hydrogens is 432 g/mol. The van der Waals surface area contributed by atoms with Crippen molar-refractivity contribution in [1.29, 1.82) is 0 Å². The van der Waals surface area contributed by atoms with Crippen LogP contribution >= 0.6 is 0 Å². The maximum absolute atomic E-state index is 13.4. The number of aromatic nitrogens is 3. The molecule has 8 nitrogen and oxygen atoms in total. The van der Waals surface area contributed by atoms with Crippen molar-refractivity contribution in [1.82, 2.24) is 14.8 Å². The van der Waals surface area contributed by atoms with Gasteiger partial charge < -0.3 is 19.5 Å². The van der Waals surface area contributed by atoms with Crippen LogP contribution in [0.5, 0.6) is 17.2 Å². The zero-order chi connectivity index (χ0) is 23.4. The maximum atomic E-state index is 13.4. The van der Waals surface area contributed by atoms with Crippen molar-refractivity contribution in [3.05, 3.63) is 59.3 Å². The number of nitrogens with zero attached hydrogens (tertiary/aromatic N) is 3. The molecule has 0 fully saturated rings. The second-order valence-electron chi connectivity index (χ2n) is 9.63.